The van der Waals surface area contributed by atoms with Gasteiger partial charge in [-0.1, -0.05) is 17.2 Å². The number of aliphatic hydroxyl groups excluding tert-OH is 1. The van der Waals surface area contributed by atoms with E-state index in [-0.39, 0.29) is 75.5 Å². The highest BCUT2D eigenvalue weighted by Crippen LogP contribution is 2.31. The van der Waals surface area contributed by atoms with Gasteiger partial charge in [-0.15, -0.1) is 0 Å². The topological polar surface area (TPSA) is 195 Å². The summed E-state index contributed by atoms with van der Waals surface area (Å²) in [7, 11) is -6.64. The number of nitrogens with zero attached hydrogens (tertiary/aromatic N) is 4. The van der Waals surface area contributed by atoms with E-state index < -0.39 is 44.0 Å². The van der Waals surface area contributed by atoms with Gasteiger partial charge in [-0.3, -0.25) is 9.52 Å². The number of aliphatic hydroxyl groups is 1. The number of rotatable bonds is 9. The maximum Gasteiger partial charge on any atom is 0.267 e. The molecule has 17 heteroatoms. The average Bonchev–Trinajstić information content (AvgIpc) is 3.57. The normalized spacial score (nSPS) is 20.8. The van der Waals surface area contributed by atoms with Crippen molar-refractivity contribution in [2.75, 3.05) is 38.1 Å². The molecule has 0 saturated carbocycles. The molecule has 1 aromatic carbocycles. The zero-order chi connectivity index (χ0) is 36.3. The Bertz CT molecular complexity index is 1800. The van der Waals surface area contributed by atoms with Crippen LogP contribution in [0.2, 0.25) is 0 Å². The highest BCUT2D eigenvalue weighted by atomic mass is 32.2. The molecule has 1 amide bonds. The van der Waals surface area contributed by atoms with Gasteiger partial charge in [0, 0.05) is 38.3 Å². The van der Waals surface area contributed by atoms with Crippen molar-refractivity contribution in [1.29, 1.82) is 0 Å². The number of carbonyl (C=O) groups is 1. The Kier molecular flexibility index (Phi) is 12.2. The number of hydrogen-bond donors (Lipinski definition) is 2. The van der Waals surface area contributed by atoms with Crippen LogP contribution in [-0.2, 0) is 24.8 Å². The van der Waals surface area contributed by atoms with E-state index in [4.69, 9.17) is 18.5 Å². The molecule has 0 aliphatic carbocycles. The minimum Gasteiger partial charge on any atom is -0.490 e. The molecule has 0 saturated heterocycles. The van der Waals surface area contributed by atoms with E-state index in [1.165, 1.54) is 49.2 Å². The van der Waals surface area contributed by atoms with Crippen molar-refractivity contribution in [3.05, 3.63) is 46.7 Å². The van der Waals surface area contributed by atoms with E-state index in [0.717, 1.165) is 6.42 Å². The van der Waals surface area contributed by atoms with Crippen LogP contribution in [0, 0.1) is 33.6 Å². The van der Waals surface area contributed by atoms with Crippen LogP contribution in [0.3, 0.4) is 0 Å². The van der Waals surface area contributed by atoms with Crippen LogP contribution >= 0.6 is 0 Å². The number of hydrogen-bond acceptors (Lipinski definition) is 12. The van der Waals surface area contributed by atoms with Crippen molar-refractivity contribution in [1.82, 2.24) is 19.5 Å². The third-order valence-electron chi connectivity index (χ3n) is 8.61. The van der Waals surface area contributed by atoms with Crippen LogP contribution in [0.15, 0.2) is 37.0 Å². The molecule has 0 radical (unpaired) electrons. The Morgan fingerprint density at radius 2 is 1.65 bits per heavy atom. The summed E-state index contributed by atoms with van der Waals surface area (Å²) in [4.78, 5) is 15.8. The number of aryl methyl sites for hydroxylation is 4. The summed E-state index contributed by atoms with van der Waals surface area (Å²) in [6, 6.07) is 3.80. The molecule has 3 heterocycles. The molecule has 272 valence electrons. The van der Waals surface area contributed by atoms with Crippen molar-refractivity contribution in [3.8, 4) is 5.75 Å². The zero-order valence-corrected chi connectivity index (χ0v) is 30.9. The number of fused-ring (bicyclic) bond motifs is 1. The van der Waals surface area contributed by atoms with E-state index in [1.54, 1.807) is 19.9 Å². The largest absolute Gasteiger partial charge is 0.490 e. The fraction of sp³-hybridized carbons (Fsp3) is 0.594. The summed E-state index contributed by atoms with van der Waals surface area (Å²) in [5, 5.41) is 17.8. The molecule has 1 aliphatic rings. The molecule has 3 aromatic rings. The fourth-order valence-electron chi connectivity index (χ4n) is 5.86. The molecule has 0 unspecified atom stereocenters. The van der Waals surface area contributed by atoms with Gasteiger partial charge in [0.2, 0.25) is 10.0 Å². The van der Waals surface area contributed by atoms with Crippen molar-refractivity contribution in [3.63, 3.8) is 0 Å². The number of ether oxygens (including phenoxy) is 2. The number of anilines is 1. The summed E-state index contributed by atoms with van der Waals surface area (Å²) in [6.45, 7) is 11.6. The molecule has 0 spiro atoms. The van der Waals surface area contributed by atoms with E-state index in [2.05, 4.69) is 15.0 Å². The molecule has 0 bridgehead atoms. The lowest BCUT2D eigenvalue weighted by Gasteiger charge is -2.35. The van der Waals surface area contributed by atoms with Gasteiger partial charge in [0.1, 0.15) is 22.0 Å². The predicted octanol–water partition coefficient (Wildman–Crippen LogP) is 3.81. The van der Waals surface area contributed by atoms with Gasteiger partial charge in [0.25, 0.3) is 15.9 Å². The molecule has 4 rings (SSSR count). The molecule has 15 nitrogen and oxygen atoms in total. The number of likely N-dealkylation sites (N-methyl/N-ethyl adjacent to an activating group) is 1. The van der Waals surface area contributed by atoms with Crippen LogP contribution in [0.1, 0.15) is 73.3 Å². The lowest BCUT2D eigenvalue weighted by Crippen LogP contribution is -2.48. The third kappa shape index (κ3) is 8.63. The first-order chi connectivity index (χ1) is 23.0. The van der Waals surface area contributed by atoms with Gasteiger partial charge in [0.05, 0.1) is 30.4 Å². The highest BCUT2D eigenvalue weighted by molar-refractivity contribution is 7.92. The zero-order valence-electron chi connectivity index (χ0n) is 29.2. The predicted molar refractivity (Wildman–Crippen MR) is 179 cm³/mol. The molecule has 0 fully saturated rings. The van der Waals surface area contributed by atoms with Crippen molar-refractivity contribution < 1.29 is 45.3 Å². The number of carbonyl (C=O) groups excluding carboxylic acids is 1. The average molecular weight is 726 g/mol. The molecule has 49 heavy (non-hydrogen) atoms. The minimum atomic E-state index is -4.12. The molecule has 1 aliphatic heterocycles. The molecular formula is C32H47N5O10S2. The van der Waals surface area contributed by atoms with E-state index in [9.17, 15) is 26.7 Å². The second-order valence-corrected chi connectivity index (χ2v) is 16.3. The summed E-state index contributed by atoms with van der Waals surface area (Å²) in [6.07, 6.45) is 1.12. The van der Waals surface area contributed by atoms with Crippen LogP contribution in [-0.4, -0.2) is 99.0 Å². The third-order valence-corrected chi connectivity index (χ3v) is 12.3. The van der Waals surface area contributed by atoms with Gasteiger partial charge in [0.15, 0.2) is 16.4 Å². The van der Waals surface area contributed by atoms with Crippen molar-refractivity contribution in [2.24, 2.45) is 5.92 Å². The van der Waals surface area contributed by atoms with Gasteiger partial charge in [-0.05, 0) is 79.0 Å². The first-order valence-electron chi connectivity index (χ1n) is 16.2. The van der Waals surface area contributed by atoms with Gasteiger partial charge < -0.3 is 28.5 Å². The molecule has 2 N–H and O–H groups in total. The summed E-state index contributed by atoms with van der Waals surface area (Å²) < 4.78 is 80.2. The molecule has 4 atom stereocenters. The quantitative estimate of drug-likeness (QED) is 0.324. The van der Waals surface area contributed by atoms with Crippen LogP contribution < -0.4 is 9.46 Å². The monoisotopic (exact) mass is 725 g/mol. The smallest absolute Gasteiger partial charge is 0.267 e. The Morgan fingerprint density at radius 3 is 2.24 bits per heavy atom. The molecule has 2 aromatic heterocycles. The Morgan fingerprint density at radius 1 is 1.02 bits per heavy atom. The lowest BCUT2D eigenvalue weighted by atomic mass is 10.0. The maximum atomic E-state index is 14.4. The first kappa shape index (κ1) is 38.3. The first-order valence-corrected chi connectivity index (χ1v) is 19.1. The number of benzene rings is 1. The van der Waals surface area contributed by atoms with E-state index in [1.807, 2.05) is 13.8 Å². The molecular weight excluding hydrogens is 679 g/mol. The second-order valence-electron chi connectivity index (χ2n) is 12.7. The van der Waals surface area contributed by atoms with Crippen molar-refractivity contribution in [2.45, 2.75) is 95.8 Å². The standard InChI is InChI=1S/C32H47N5O10S2/c1-19-16-37(20(2)18-38)32(39)27-15-26(35-48(40,41)30-22(4)33-46-24(30)6)12-13-28(27)45-21(3)11-9-10-14-44-29(19)17-36(8)49(42,43)31-23(5)34-47-25(31)7/h12-13,15,19-21,29,35,38H,9-11,14,16-18H2,1-8H3/t19-,20+,21-,29+/m1/s1. The number of nitrogens with one attached hydrogen (secondary N) is 1. The maximum absolute atomic E-state index is 14.4. The second kappa shape index (κ2) is 15.6. The number of aromatic nitrogens is 2. The highest BCUT2D eigenvalue weighted by Gasteiger charge is 2.35. The van der Waals surface area contributed by atoms with Gasteiger partial charge >= 0.3 is 0 Å². The minimum absolute atomic E-state index is 0.000582. The van der Waals surface area contributed by atoms with Crippen molar-refractivity contribution >= 4 is 31.6 Å². The Balaban J connectivity index is 1.70. The summed E-state index contributed by atoms with van der Waals surface area (Å²) in [5.41, 5.74) is 0.643. The number of sulfonamides is 2. The SMILES string of the molecule is Cc1noc(C)c1S(=O)(=O)Nc1ccc2c(c1)C(=O)N([C@@H](C)CO)C[C@@H](C)[C@H](CN(C)S(=O)(=O)c1c(C)noc1C)OCCCC[C@@H](C)O2. The van der Waals surface area contributed by atoms with E-state index in [0.29, 0.717) is 19.4 Å². The van der Waals surface area contributed by atoms with E-state index >= 15 is 0 Å². The van der Waals surface area contributed by atoms with Gasteiger partial charge in [-0.2, -0.15) is 4.31 Å². The number of amides is 1. The summed E-state index contributed by atoms with van der Waals surface area (Å²) >= 11 is 0. The van der Waals surface area contributed by atoms with Crippen LogP contribution in [0.5, 0.6) is 5.75 Å². The summed E-state index contributed by atoms with van der Waals surface area (Å²) in [5.74, 6) is -0.360. The Labute approximate surface area is 288 Å². The van der Waals surface area contributed by atoms with Gasteiger partial charge in [-0.25, -0.2) is 16.8 Å². The Hall–Kier alpha value is -3.51. The van der Waals surface area contributed by atoms with Crippen LogP contribution in [0.25, 0.3) is 0 Å². The van der Waals surface area contributed by atoms with Crippen LogP contribution in [0.4, 0.5) is 5.69 Å². The lowest BCUT2D eigenvalue weighted by molar-refractivity contribution is -0.00835. The fourth-order valence-corrected chi connectivity index (χ4v) is 8.71.